The molecule has 17 heavy (non-hydrogen) atoms. The van der Waals surface area contributed by atoms with E-state index in [1.807, 2.05) is 11.8 Å². The summed E-state index contributed by atoms with van der Waals surface area (Å²) in [5.74, 6) is -0.312. The SMILES string of the molecule is CC1C(=O)NCCN1Cc1ccc(F)cc1N. The lowest BCUT2D eigenvalue weighted by Crippen LogP contribution is -2.53. The van der Waals surface area contributed by atoms with Crippen molar-refractivity contribution in [2.45, 2.75) is 19.5 Å². The van der Waals surface area contributed by atoms with Gasteiger partial charge in [0.1, 0.15) is 5.82 Å². The second-order valence-electron chi connectivity index (χ2n) is 4.28. The van der Waals surface area contributed by atoms with Crippen molar-refractivity contribution in [1.82, 2.24) is 10.2 Å². The van der Waals surface area contributed by atoms with Crippen molar-refractivity contribution in [1.29, 1.82) is 0 Å². The van der Waals surface area contributed by atoms with E-state index in [-0.39, 0.29) is 17.8 Å². The number of hydrogen-bond acceptors (Lipinski definition) is 3. The molecule has 0 spiro atoms. The number of hydrogen-bond donors (Lipinski definition) is 2. The summed E-state index contributed by atoms with van der Waals surface area (Å²) < 4.78 is 12.9. The lowest BCUT2D eigenvalue weighted by molar-refractivity contribution is -0.128. The van der Waals surface area contributed by atoms with Crippen molar-refractivity contribution >= 4 is 11.6 Å². The number of amides is 1. The summed E-state index contributed by atoms with van der Waals surface area (Å²) in [4.78, 5) is 13.5. The molecular weight excluding hydrogens is 221 g/mol. The van der Waals surface area contributed by atoms with Gasteiger partial charge in [0.15, 0.2) is 0 Å². The molecule has 0 radical (unpaired) electrons. The molecule has 1 amide bonds. The Kier molecular flexibility index (Phi) is 3.28. The summed E-state index contributed by atoms with van der Waals surface area (Å²) in [6.45, 7) is 3.85. The van der Waals surface area contributed by atoms with E-state index in [2.05, 4.69) is 5.32 Å². The molecule has 1 aliphatic rings. The number of piperazine rings is 1. The second kappa shape index (κ2) is 4.71. The molecule has 1 aliphatic heterocycles. The van der Waals surface area contributed by atoms with Crippen molar-refractivity contribution in [3.8, 4) is 0 Å². The van der Waals surface area contributed by atoms with Crippen LogP contribution in [-0.2, 0) is 11.3 Å². The van der Waals surface area contributed by atoms with E-state index < -0.39 is 0 Å². The maximum absolute atomic E-state index is 12.9. The predicted molar refractivity (Wildman–Crippen MR) is 63.7 cm³/mol. The van der Waals surface area contributed by atoms with Crippen molar-refractivity contribution in [2.24, 2.45) is 0 Å². The Morgan fingerprint density at radius 1 is 1.59 bits per heavy atom. The first-order valence-corrected chi connectivity index (χ1v) is 5.63. The van der Waals surface area contributed by atoms with Gasteiger partial charge in [0, 0.05) is 25.3 Å². The van der Waals surface area contributed by atoms with E-state index in [1.54, 1.807) is 6.07 Å². The molecule has 0 aliphatic carbocycles. The molecule has 2 rings (SSSR count). The van der Waals surface area contributed by atoms with Gasteiger partial charge >= 0.3 is 0 Å². The molecule has 1 atom stereocenters. The number of nitrogen functional groups attached to an aromatic ring is 1. The Labute approximate surface area is 99.6 Å². The molecule has 0 saturated carbocycles. The van der Waals surface area contributed by atoms with E-state index >= 15 is 0 Å². The maximum atomic E-state index is 12.9. The van der Waals surface area contributed by atoms with Crippen molar-refractivity contribution in [3.63, 3.8) is 0 Å². The van der Waals surface area contributed by atoms with Gasteiger partial charge < -0.3 is 11.1 Å². The number of rotatable bonds is 2. The van der Waals surface area contributed by atoms with Gasteiger partial charge in [-0.1, -0.05) is 6.07 Å². The third-order valence-electron chi connectivity index (χ3n) is 3.11. The van der Waals surface area contributed by atoms with Crippen molar-refractivity contribution in [3.05, 3.63) is 29.6 Å². The molecule has 0 bridgehead atoms. The summed E-state index contributed by atoms with van der Waals surface area (Å²) in [7, 11) is 0. The first kappa shape index (κ1) is 11.9. The molecule has 1 fully saturated rings. The molecule has 1 unspecified atom stereocenters. The summed E-state index contributed by atoms with van der Waals surface area (Å²) >= 11 is 0. The first-order chi connectivity index (χ1) is 8.08. The van der Waals surface area contributed by atoms with Crippen LogP contribution >= 0.6 is 0 Å². The first-order valence-electron chi connectivity index (χ1n) is 5.63. The van der Waals surface area contributed by atoms with Crippen LogP contribution in [0.1, 0.15) is 12.5 Å². The number of anilines is 1. The molecule has 1 heterocycles. The minimum Gasteiger partial charge on any atom is -0.398 e. The van der Waals surface area contributed by atoms with Crippen LogP contribution < -0.4 is 11.1 Å². The molecule has 1 saturated heterocycles. The van der Waals surface area contributed by atoms with Gasteiger partial charge in [0.05, 0.1) is 6.04 Å². The fourth-order valence-electron chi connectivity index (χ4n) is 1.97. The normalized spacial score (nSPS) is 21.3. The lowest BCUT2D eigenvalue weighted by atomic mass is 10.1. The van der Waals surface area contributed by atoms with E-state index in [0.29, 0.717) is 18.8 Å². The third kappa shape index (κ3) is 2.55. The molecule has 92 valence electrons. The number of nitrogens with two attached hydrogens (primary N) is 1. The minimum absolute atomic E-state index is 0.0249. The van der Waals surface area contributed by atoms with Crippen LogP contribution in [-0.4, -0.2) is 29.9 Å². The number of carbonyl (C=O) groups excluding carboxylic acids is 1. The summed E-state index contributed by atoms with van der Waals surface area (Å²) in [5, 5.41) is 2.80. The van der Waals surface area contributed by atoms with Crippen LogP contribution in [0, 0.1) is 5.82 Å². The number of carbonyl (C=O) groups is 1. The average molecular weight is 237 g/mol. The van der Waals surface area contributed by atoms with Crippen LogP contribution in [0.15, 0.2) is 18.2 Å². The molecule has 1 aromatic carbocycles. The Bertz CT molecular complexity index is 436. The van der Waals surface area contributed by atoms with E-state index in [1.165, 1.54) is 12.1 Å². The van der Waals surface area contributed by atoms with Gasteiger partial charge in [-0.05, 0) is 24.6 Å². The summed E-state index contributed by atoms with van der Waals surface area (Å²) in [5.41, 5.74) is 7.04. The highest BCUT2D eigenvalue weighted by atomic mass is 19.1. The van der Waals surface area contributed by atoms with Gasteiger partial charge in [-0.3, -0.25) is 9.69 Å². The Morgan fingerprint density at radius 3 is 3.06 bits per heavy atom. The fraction of sp³-hybridized carbons (Fsp3) is 0.417. The quantitative estimate of drug-likeness (QED) is 0.745. The number of nitrogens with zero attached hydrogens (tertiary/aromatic N) is 1. The highest BCUT2D eigenvalue weighted by Crippen LogP contribution is 2.17. The van der Waals surface area contributed by atoms with Gasteiger partial charge in [-0.2, -0.15) is 0 Å². The van der Waals surface area contributed by atoms with Gasteiger partial charge in [0.2, 0.25) is 5.91 Å². The zero-order chi connectivity index (χ0) is 12.4. The van der Waals surface area contributed by atoms with Crippen LogP contribution in [0.2, 0.25) is 0 Å². The zero-order valence-corrected chi connectivity index (χ0v) is 9.74. The Hall–Kier alpha value is -1.62. The van der Waals surface area contributed by atoms with E-state index in [0.717, 1.165) is 12.1 Å². The van der Waals surface area contributed by atoms with Crippen molar-refractivity contribution in [2.75, 3.05) is 18.8 Å². The lowest BCUT2D eigenvalue weighted by Gasteiger charge is -2.32. The predicted octanol–water partition coefficient (Wildman–Crippen LogP) is 0.728. The largest absolute Gasteiger partial charge is 0.398 e. The summed E-state index contributed by atoms with van der Waals surface area (Å²) in [6, 6.07) is 4.20. The highest BCUT2D eigenvalue weighted by Gasteiger charge is 2.25. The standard InChI is InChI=1S/C12H16FN3O/c1-8-12(17)15-4-5-16(8)7-9-2-3-10(13)6-11(9)14/h2-3,6,8H,4-5,7,14H2,1H3,(H,15,17). The molecule has 0 aromatic heterocycles. The average Bonchev–Trinajstić information content (AvgIpc) is 2.28. The van der Waals surface area contributed by atoms with Crippen molar-refractivity contribution < 1.29 is 9.18 Å². The smallest absolute Gasteiger partial charge is 0.237 e. The Balaban J connectivity index is 2.12. The van der Waals surface area contributed by atoms with Gasteiger partial charge in [-0.25, -0.2) is 4.39 Å². The molecule has 4 nitrogen and oxygen atoms in total. The molecule has 5 heteroatoms. The second-order valence-corrected chi connectivity index (χ2v) is 4.28. The monoisotopic (exact) mass is 237 g/mol. The fourth-order valence-corrected chi connectivity index (χ4v) is 1.97. The van der Waals surface area contributed by atoms with Crippen LogP contribution in [0.3, 0.4) is 0 Å². The zero-order valence-electron chi connectivity index (χ0n) is 9.74. The number of halogens is 1. The Morgan fingerprint density at radius 2 is 2.35 bits per heavy atom. The number of nitrogens with one attached hydrogen (secondary N) is 1. The maximum Gasteiger partial charge on any atom is 0.237 e. The van der Waals surface area contributed by atoms with Crippen LogP contribution in [0.5, 0.6) is 0 Å². The minimum atomic E-state index is -0.337. The third-order valence-corrected chi connectivity index (χ3v) is 3.11. The molecule has 1 aromatic rings. The summed E-state index contributed by atoms with van der Waals surface area (Å²) in [6.07, 6.45) is 0. The highest BCUT2D eigenvalue weighted by molar-refractivity contribution is 5.82. The van der Waals surface area contributed by atoms with Gasteiger partial charge in [-0.15, -0.1) is 0 Å². The molecular formula is C12H16FN3O. The van der Waals surface area contributed by atoms with E-state index in [4.69, 9.17) is 5.73 Å². The van der Waals surface area contributed by atoms with E-state index in [9.17, 15) is 9.18 Å². The van der Waals surface area contributed by atoms with Crippen LogP contribution in [0.25, 0.3) is 0 Å². The topological polar surface area (TPSA) is 58.4 Å². The van der Waals surface area contributed by atoms with Gasteiger partial charge in [0.25, 0.3) is 0 Å². The number of benzene rings is 1. The molecule has 3 N–H and O–H groups in total. The van der Waals surface area contributed by atoms with Crippen LogP contribution in [0.4, 0.5) is 10.1 Å².